The molecule has 282 valence electrons. The summed E-state index contributed by atoms with van der Waals surface area (Å²) in [4.78, 5) is 2.47. The van der Waals surface area contributed by atoms with E-state index >= 15 is 0 Å². The van der Waals surface area contributed by atoms with Gasteiger partial charge in [0, 0.05) is 16.5 Å². The van der Waals surface area contributed by atoms with Gasteiger partial charge in [-0.1, -0.05) is 206 Å². The first-order chi connectivity index (χ1) is 29.8. The second-order valence-corrected chi connectivity index (χ2v) is 15.2. The number of furan rings is 1. The van der Waals surface area contributed by atoms with Gasteiger partial charge in [0.15, 0.2) is 0 Å². The van der Waals surface area contributed by atoms with Gasteiger partial charge in [0.2, 0.25) is 0 Å². The highest BCUT2D eigenvalue weighted by Gasteiger charge is 2.26. The van der Waals surface area contributed by atoms with E-state index in [1.165, 1.54) is 49.7 Å². The molecule has 1 heterocycles. The van der Waals surface area contributed by atoms with Gasteiger partial charge in [0.05, 0.1) is 22.4 Å². The SMILES string of the molecule is c1ccc(-c2ccccc2-c2ccccc2-c2ccccc2N(c2ccccc2-c2cccc3cccc(-c4ccccc4)c23)c2cccc3oc4ccccc4c23)cc1. The zero-order valence-electron chi connectivity index (χ0n) is 32.9. The lowest BCUT2D eigenvalue weighted by Gasteiger charge is -2.31. The van der Waals surface area contributed by atoms with Gasteiger partial charge in [0.25, 0.3) is 0 Å². The number of fused-ring (bicyclic) bond motifs is 4. The van der Waals surface area contributed by atoms with Crippen molar-refractivity contribution in [3.05, 3.63) is 237 Å². The Morgan fingerprint density at radius 2 is 0.667 bits per heavy atom. The van der Waals surface area contributed by atoms with Crippen LogP contribution in [0.1, 0.15) is 0 Å². The summed E-state index contributed by atoms with van der Waals surface area (Å²) in [7, 11) is 0. The van der Waals surface area contributed by atoms with Crippen LogP contribution in [0.4, 0.5) is 17.1 Å². The molecule has 10 aromatic carbocycles. The maximum absolute atomic E-state index is 6.57. The van der Waals surface area contributed by atoms with Crippen LogP contribution < -0.4 is 4.90 Å². The minimum atomic E-state index is 0.849. The number of nitrogens with zero attached hydrogens (tertiary/aromatic N) is 1. The molecule has 0 aliphatic rings. The maximum Gasteiger partial charge on any atom is 0.137 e. The Hall–Kier alpha value is -7.94. The number of hydrogen-bond acceptors (Lipinski definition) is 2. The molecule has 0 unspecified atom stereocenters. The largest absolute Gasteiger partial charge is 0.456 e. The van der Waals surface area contributed by atoms with E-state index in [9.17, 15) is 0 Å². The minimum absolute atomic E-state index is 0.849. The van der Waals surface area contributed by atoms with Crippen molar-refractivity contribution in [3.8, 4) is 55.6 Å². The molecule has 0 saturated heterocycles. The van der Waals surface area contributed by atoms with E-state index in [1.54, 1.807) is 0 Å². The van der Waals surface area contributed by atoms with Gasteiger partial charge in [-0.15, -0.1) is 0 Å². The lowest BCUT2D eigenvalue weighted by molar-refractivity contribution is 0.669. The van der Waals surface area contributed by atoms with E-state index in [1.807, 2.05) is 6.07 Å². The summed E-state index contributed by atoms with van der Waals surface area (Å²) in [5.41, 5.74) is 16.6. The Balaban J connectivity index is 1.21. The Morgan fingerprint density at radius 3 is 1.33 bits per heavy atom. The van der Waals surface area contributed by atoms with E-state index in [0.29, 0.717) is 0 Å². The molecule has 0 bridgehead atoms. The lowest BCUT2D eigenvalue weighted by atomic mass is 9.88. The smallest absolute Gasteiger partial charge is 0.137 e. The molecular weight excluding hydrogens is 727 g/mol. The van der Waals surface area contributed by atoms with Crippen LogP contribution in [0.3, 0.4) is 0 Å². The Kier molecular flexibility index (Phi) is 8.87. The van der Waals surface area contributed by atoms with Crippen LogP contribution in [0.25, 0.3) is 88.3 Å². The van der Waals surface area contributed by atoms with Crippen LogP contribution in [0.5, 0.6) is 0 Å². The second-order valence-electron chi connectivity index (χ2n) is 15.2. The fourth-order valence-electron chi connectivity index (χ4n) is 9.09. The van der Waals surface area contributed by atoms with E-state index < -0.39 is 0 Å². The first-order valence-electron chi connectivity index (χ1n) is 20.5. The fourth-order valence-corrected chi connectivity index (χ4v) is 9.09. The van der Waals surface area contributed by atoms with Crippen molar-refractivity contribution in [2.75, 3.05) is 4.90 Å². The van der Waals surface area contributed by atoms with Crippen LogP contribution in [-0.4, -0.2) is 0 Å². The van der Waals surface area contributed by atoms with E-state index in [-0.39, 0.29) is 0 Å². The monoisotopic (exact) mass is 765 g/mol. The Bertz CT molecular complexity index is 3320. The third kappa shape index (κ3) is 6.06. The molecule has 60 heavy (non-hydrogen) atoms. The predicted octanol–water partition coefficient (Wildman–Crippen LogP) is 16.5. The molecule has 0 fully saturated rings. The van der Waals surface area contributed by atoms with Crippen molar-refractivity contribution in [2.24, 2.45) is 0 Å². The molecule has 11 rings (SSSR count). The summed E-state index contributed by atoms with van der Waals surface area (Å²) in [6, 6.07) is 84.9. The van der Waals surface area contributed by atoms with Gasteiger partial charge in [-0.3, -0.25) is 0 Å². The van der Waals surface area contributed by atoms with Crippen molar-refractivity contribution in [1.82, 2.24) is 0 Å². The third-order valence-electron chi connectivity index (χ3n) is 11.7. The molecule has 0 aliphatic carbocycles. The van der Waals surface area contributed by atoms with Crippen LogP contribution in [0.15, 0.2) is 241 Å². The summed E-state index contributed by atoms with van der Waals surface area (Å²) in [5, 5.41) is 4.58. The summed E-state index contributed by atoms with van der Waals surface area (Å²) in [6.45, 7) is 0. The number of rotatable bonds is 8. The summed E-state index contributed by atoms with van der Waals surface area (Å²) in [5.74, 6) is 0. The van der Waals surface area contributed by atoms with E-state index in [4.69, 9.17) is 4.42 Å². The topological polar surface area (TPSA) is 16.4 Å². The molecule has 0 radical (unpaired) electrons. The van der Waals surface area contributed by atoms with Gasteiger partial charge in [-0.05, 0) is 85.6 Å². The van der Waals surface area contributed by atoms with Gasteiger partial charge in [-0.2, -0.15) is 0 Å². The molecule has 0 spiro atoms. The molecule has 0 saturated carbocycles. The highest BCUT2D eigenvalue weighted by Crippen LogP contribution is 2.51. The molecule has 11 aromatic rings. The molecule has 0 atom stereocenters. The van der Waals surface area contributed by atoms with Crippen molar-refractivity contribution >= 4 is 49.8 Å². The first-order valence-corrected chi connectivity index (χ1v) is 20.5. The molecule has 0 amide bonds. The Morgan fingerprint density at radius 1 is 0.250 bits per heavy atom. The molecule has 2 heteroatoms. The molecule has 1 aromatic heterocycles. The summed E-state index contributed by atoms with van der Waals surface area (Å²) in [6.07, 6.45) is 0. The second kappa shape index (κ2) is 15.1. The fraction of sp³-hybridized carbons (Fsp3) is 0. The number of hydrogen-bond donors (Lipinski definition) is 0. The van der Waals surface area contributed by atoms with Crippen molar-refractivity contribution in [2.45, 2.75) is 0 Å². The van der Waals surface area contributed by atoms with Gasteiger partial charge in [0.1, 0.15) is 11.2 Å². The zero-order valence-corrected chi connectivity index (χ0v) is 32.9. The van der Waals surface area contributed by atoms with Gasteiger partial charge < -0.3 is 9.32 Å². The molecule has 0 aliphatic heterocycles. The number of para-hydroxylation sites is 3. The molecule has 2 nitrogen and oxygen atoms in total. The van der Waals surface area contributed by atoms with Gasteiger partial charge >= 0.3 is 0 Å². The van der Waals surface area contributed by atoms with E-state index in [0.717, 1.165) is 55.7 Å². The quantitative estimate of drug-likeness (QED) is 0.153. The van der Waals surface area contributed by atoms with Crippen molar-refractivity contribution in [3.63, 3.8) is 0 Å². The summed E-state index contributed by atoms with van der Waals surface area (Å²) < 4.78 is 6.57. The minimum Gasteiger partial charge on any atom is -0.456 e. The normalized spacial score (nSPS) is 11.3. The van der Waals surface area contributed by atoms with Crippen molar-refractivity contribution in [1.29, 1.82) is 0 Å². The van der Waals surface area contributed by atoms with E-state index in [2.05, 4.69) is 235 Å². The van der Waals surface area contributed by atoms with Gasteiger partial charge in [-0.25, -0.2) is 0 Å². The molecular formula is C58H39NO. The van der Waals surface area contributed by atoms with Crippen LogP contribution in [-0.2, 0) is 0 Å². The standard InChI is InChI=1S/C58H39NO/c1-3-20-40(21-4-1)43-26-7-8-27-45(43)46-28-9-10-29-47(46)48-30-11-14-35-52(48)59(54-37-19-39-56-58(54)51-32-13-16-38-55(51)60-56)53-36-15-12-31-49(53)50-34-18-25-42-24-17-33-44(57(42)50)41-22-5-2-6-23-41/h1-39H. The first kappa shape index (κ1) is 35.2. The van der Waals surface area contributed by atoms with Crippen molar-refractivity contribution < 1.29 is 4.42 Å². The lowest BCUT2D eigenvalue weighted by Crippen LogP contribution is -2.13. The average Bonchev–Trinajstić information content (AvgIpc) is 3.72. The molecule has 0 N–H and O–H groups in total. The average molecular weight is 766 g/mol. The third-order valence-corrected chi connectivity index (χ3v) is 11.7. The van der Waals surface area contributed by atoms with Crippen LogP contribution >= 0.6 is 0 Å². The Labute approximate surface area is 349 Å². The van der Waals surface area contributed by atoms with Crippen LogP contribution in [0, 0.1) is 0 Å². The zero-order chi connectivity index (χ0) is 39.8. The van der Waals surface area contributed by atoms with Crippen LogP contribution in [0.2, 0.25) is 0 Å². The number of anilines is 3. The highest BCUT2D eigenvalue weighted by molar-refractivity contribution is 6.16. The summed E-state index contributed by atoms with van der Waals surface area (Å²) >= 11 is 0. The maximum atomic E-state index is 6.57. The number of benzene rings is 10. The predicted molar refractivity (Wildman–Crippen MR) is 253 cm³/mol. The highest BCUT2D eigenvalue weighted by atomic mass is 16.3.